The molecule has 0 saturated carbocycles. The highest BCUT2D eigenvalue weighted by Gasteiger charge is 2.36. The number of nitrogens with two attached hydrogens (primary N) is 1. The molecule has 0 radical (unpaired) electrons. The molecular weight excluding hydrogens is 272 g/mol. The maximum atomic E-state index is 12.5. The van der Waals surface area contributed by atoms with Crippen molar-refractivity contribution in [1.82, 2.24) is 4.90 Å². The fourth-order valence-electron chi connectivity index (χ4n) is 2.69. The zero-order valence-electron chi connectivity index (χ0n) is 12.0. The van der Waals surface area contributed by atoms with Gasteiger partial charge in [0.25, 0.3) is 5.91 Å². The Morgan fingerprint density at radius 2 is 1.90 bits per heavy atom. The highest BCUT2D eigenvalue weighted by molar-refractivity contribution is 5.96. The van der Waals surface area contributed by atoms with Crippen LogP contribution in [0.5, 0.6) is 0 Å². The number of nitrogen functional groups attached to an aromatic ring is 1. The van der Waals surface area contributed by atoms with Gasteiger partial charge in [-0.05, 0) is 24.3 Å². The summed E-state index contributed by atoms with van der Waals surface area (Å²) < 4.78 is 16.3. The first-order chi connectivity index (χ1) is 10.1. The summed E-state index contributed by atoms with van der Waals surface area (Å²) in [6.45, 7) is 0.986. The molecule has 2 atom stereocenters. The van der Waals surface area contributed by atoms with Gasteiger partial charge in [0.2, 0.25) is 0 Å². The Kier molecular flexibility index (Phi) is 3.57. The van der Waals surface area contributed by atoms with Crippen LogP contribution in [0.1, 0.15) is 10.6 Å². The van der Waals surface area contributed by atoms with Crippen molar-refractivity contribution in [2.75, 3.05) is 33.0 Å². The van der Waals surface area contributed by atoms with Crippen molar-refractivity contribution in [1.29, 1.82) is 0 Å². The second kappa shape index (κ2) is 5.38. The molecule has 0 bridgehead atoms. The van der Waals surface area contributed by atoms with Crippen LogP contribution in [0.15, 0.2) is 28.7 Å². The largest absolute Gasteiger partial charge is 0.451 e. The summed E-state index contributed by atoms with van der Waals surface area (Å²) in [7, 11) is 3.24. The van der Waals surface area contributed by atoms with E-state index in [-0.39, 0.29) is 18.1 Å². The van der Waals surface area contributed by atoms with E-state index in [1.165, 1.54) is 0 Å². The molecule has 2 aromatic rings. The lowest BCUT2D eigenvalue weighted by molar-refractivity contribution is -0.00461. The van der Waals surface area contributed by atoms with Gasteiger partial charge in [-0.3, -0.25) is 4.79 Å². The molecule has 0 spiro atoms. The van der Waals surface area contributed by atoms with Crippen LogP contribution in [-0.4, -0.2) is 50.3 Å². The Balaban J connectivity index is 1.84. The smallest absolute Gasteiger partial charge is 0.289 e. The van der Waals surface area contributed by atoms with E-state index in [0.717, 1.165) is 5.39 Å². The maximum absolute atomic E-state index is 12.5. The number of benzene rings is 1. The third kappa shape index (κ3) is 2.48. The standard InChI is InChI=1S/C15H18N2O4/c1-19-13-7-17(8-14(13)20-2)15(18)12-6-9-5-10(16)3-4-11(9)21-12/h3-6,13-14H,7-8,16H2,1-2H3. The number of anilines is 1. The Hall–Kier alpha value is -2.05. The van der Waals surface area contributed by atoms with Crippen molar-refractivity contribution in [3.8, 4) is 0 Å². The van der Waals surface area contributed by atoms with Crippen LogP contribution < -0.4 is 5.73 Å². The zero-order chi connectivity index (χ0) is 15.0. The predicted molar refractivity (Wildman–Crippen MR) is 78.1 cm³/mol. The molecule has 112 valence electrons. The number of amides is 1. The third-order valence-electron chi connectivity index (χ3n) is 3.86. The van der Waals surface area contributed by atoms with Crippen LogP contribution in [0.3, 0.4) is 0 Å². The first kappa shape index (κ1) is 13.9. The van der Waals surface area contributed by atoms with Gasteiger partial charge in [-0.25, -0.2) is 0 Å². The Morgan fingerprint density at radius 1 is 1.24 bits per heavy atom. The highest BCUT2D eigenvalue weighted by Crippen LogP contribution is 2.24. The molecular formula is C15H18N2O4. The SMILES string of the molecule is COC1CN(C(=O)c2cc3cc(N)ccc3o2)CC1OC. The van der Waals surface area contributed by atoms with Gasteiger partial charge in [-0.2, -0.15) is 0 Å². The number of nitrogens with zero attached hydrogens (tertiary/aromatic N) is 1. The van der Waals surface area contributed by atoms with Crippen LogP contribution in [0.25, 0.3) is 11.0 Å². The van der Waals surface area contributed by atoms with Gasteiger partial charge in [0, 0.05) is 38.4 Å². The second-order valence-corrected chi connectivity index (χ2v) is 5.17. The maximum Gasteiger partial charge on any atom is 0.289 e. The van der Waals surface area contributed by atoms with E-state index in [1.54, 1.807) is 43.4 Å². The minimum atomic E-state index is -0.161. The van der Waals surface area contributed by atoms with Crippen LogP contribution in [0, 0.1) is 0 Å². The lowest BCUT2D eigenvalue weighted by Crippen LogP contribution is -2.29. The molecule has 0 aliphatic carbocycles. The van der Waals surface area contributed by atoms with Crippen molar-refractivity contribution in [2.45, 2.75) is 12.2 Å². The second-order valence-electron chi connectivity index (χ2n) is 5.17. The van der Waals surface area contributed by atoms with Crippen molar-refractivity contribution < 1.29 is 18.7 Å². The molecule has 6 heteroatoms. The van der Waals surface area contributed by atoms with Crippen molar-refractivity contribution in [3.63, 3.8) is 0 Å². The summed E-state index contributed by atoms with van der Waals surface area (Å²) >= 11 is 0. The van der Waals surface area contributed by atoms with Gasteiger partial charge in [-0.15, -0.1) is 0 Å². The van der Waals surface area contributed by atoms with E-state index in [9.17, 15) is 4.79 Å². The number of fused-ring (bicyclic) bond motifs is 1. The van der Waals surface area contributed by atoms with E-state index >= 15 is 0 Å². The molecule has 1 fully saturated rings. The molecule has 2 N–H and O–H groups in total. The van der Waals surface area contributed by atoms with Gasteiger partial charge < -0.3 is 24.5 Å². The lowest BCUT2D eigenvalue weighted by atomic mass is 10.2. The Bertz CT molecular complexity index is 655. The van der Waals surface area contributed by atoms with Crippen molar-refractivity contribution >= 4 is 22.6 Å². The summed E-state index contributed by atoms with van der Waals surface area (Å²) in [6.07, 6.45) is -0.224. The summed E-state index contributed by atoms with van der Waals surface area (Å²) in [6, 6.07) is 7.02. The van der Waals surface area contributed by atoms with Crippen LogP contribution in [0.4, 0.5) is 5.69 Å². The molecule has 2 heterocycles. The number of hydrogen-bond donors (Lipinski definition) is 1. The quantitative estimate of drug-likeness (QED) is 0.867. The minimum absolute atomic E-state index is 0.112. The third-order valence-corrected chi connectivity index (χ3v) is 3.86. The zero-order valence-corrected chi connectivity index (χ0v) is 12.0. The summed E-state index contributed by atoms with van der Waals surface area (Å²) in [5, 5.41) is 0.823. The topological polar surface area (TPSA) is 77.9 Å². The molecule has 2 unspecified atom stereocenters. The van der Waals surface area contributed by atoms with Gasteiger partial charge in [0.05, 0.1) is 0 Å². The number of carbonyl (C=O) groups excluding carboxylic acids is 1. The first-order valence-electron chi connectivity index (χ1n) is 6.76. The van der Waals surface area contributed by atoms with E-state index in [4.69, 9.17) is 19.6 Å². The molecule has 1 amide bonds. The molecule has 6 nitrogen and oxygen atoms in total. The summed E-state index contributed by atoms with van der Waals surface area (Å²) in [5.74, 6) is 0.147. The van der Waals surface area contributed by atoms with Gasteiger partial charge in [-0.1, -0.05) is 0 Å². The lowest BCUT2D eigenvalue weighted by Gasteiger charge is -2.13. The molecule has 1 aliphatic heterocycles. The molecule has 1 aromatic carbocycles. The average Bonchev–Trinajstić information content (AvgIpc) is 3.09. The van der Waals surface area contributed by atoms with Crippen LogP contribution in [0.2, 0.25) is 0 Å². The Morgan fingerprint density at radius 3 is 2.52 bits per heavy atom. The number of ether oxygens (including phenoxy) is 2. The van der Waals surface area contributed by atoms with Crippen molar-refractivity contribution in [2.24, 2.45) is 0 Å². The number of methoxy groups -OCH3 is 2. The number of hydrogen-bond acceptors (Lipinski definition) is 5. The first-order valence-corrected chi connectivity index (χ1v) is 6.76. The number of rotatable bonds is 3. The molecule has 21 heavy (non-hydrogen) atoms. The molecule has 1 aliphatic rings. The number of carbonyl (C=O) groups is 1. The van der Waals surface area contributed by atoms with Gasteiger partial charge in [0.1, 0.15) is 17.8 Å². The molecule has 1 aromatic heterocycles. The average molecular weight is 290 g/mol. The van der Waals surface area contributed by atoms with Crippen LogP contribution in [-0.2, 0) is 9.47 Å². The van der Waals surface area contributed by atoms with Gasteiger partial charge >= 0.3 is 0 Å². The molecule has 1 saturated heterocycles. The Labute approximate surface area is 122 Å². The van der Waals surface area contributed by atoms with E-state index < -0.39 is 0 Å². The normalized spacial score (nSPS) is 22.1. The summed E-state index contributed by atoms with van der Waals surface area (Å²) in [4.78, 5) is 14.2. The fourth-order valence-corrected chi connectivity index (χ4v) is 2.69. The van der Waals surface area contributed by atoms with E-state index in [2.05, 4.69) is 0 Å². The highest BCUT2D eigenvalue weighted by atomic mass is 16.5. The van der Waals surface area contributed by atoms with Crippen LogP contribution >= 0.6 is 0 Å². The number of likely N-dealkylation sites (tertiary alicyclic amines) is 1. The van der Waals surface area contributed by atoms with Crippen molar-refractivity contribution in [3.05, 3.63) is 30.0 Å². The minimum Gasteiger partial charge on any atom is -0.451 e. The summed E-state index contributed by atoms with van der Waals surface area (Å²) in [5.41, 5.74) is 7.03. The van der Waals surface area contributed by atoms with E-state index in [1.807, 2.05) is 0 Å². The van der Waals surface area contributed by atoms with Gasteiger partial charge in [0.15, 0.2) is 5.76 Å². The monoisotopic (exact) mass is 290 g/mol. The number of furan rings is 1. The fraction of sp³-hybridized carbons (Fsp3) is 0.400. The van der Waals surface area contributed by atoms with E-state index in [0.29, 0.717) is 30.1 Å². The molecule has 3 rings (SSSR count). The predicted octanol–water partition coefficient (Wildman–Crippen LogP) is 1.50.